The molecule has 1 aromatic rings. The molecule has 1 aromatic carbocycles. The third-order valence-electron chi connectivity index (χ3n) is 3.36. The molecule has 1 heterocycles. The number of hydrogen-bond acceptors (Lipinski definition) is 3. The van der Waals surface area contributed by atoms with Gasteiger partial charge in [-0.05, 0) is 49.7 Å². The summed E-state index contributed by atoms with van der Waals surface area (Å²) in [6.07, 6.45) is 1.32. The van der Waals surface area contributed by atoms with Crippen molar-refractivity contribution in [3.63, 3.8) is 0 Å². The lowest BCUT2D eigenvalue weighted by atomic mass is 10.0. The summed E-state index contributed by atoms with van der Waals surface area (Å²) in [6, 6.07) is 6.62. The van der Waals surface area contributed by atoms with Gasteiger partial charge in [0.05, 0.1) is 0 Å². The van der Waals surface area contributed by atoms with Gasteiger partial charge in [-0.15, -0.1) is 0 Å². The molecule has 1 unspecified atom stereocenters. The highest BCUT2D eigenvalue weighted by Gasteiger charge is 2.24. The molecule has 20 heavy (non-hydrogen) atoms. The third-order valence-corrected chi connectivity index (χ3v) is 3.61. The Balaban J connectivity index is 2.11. The van der Waals surface area contributed by atoms with E-state index in [1.54, 1.807) is 24.3 Å². The van der Waals surface area contributed by atoms with Crippen molar-refractivity contribution in [3.05, 3.63) is 29.3 Å². The molecule has 5 nitrogen and oxygen atoms in total. The van der Waals surface area contributed by atoms with Crippen molar-refractivity contribution in [2.24, 2.45) is 5.92 Å². The lowest BCUT2D eigenvalue weighted by molar-refractivity contribution is -0.136. The van der Waals surface area contributed by atoms with Crippen LogP contribution in [-0.2, 0) is 9.59 Å². The minimum atomic E-state index is -1.03. The Bertz CT molecular complexity index is 484. The fourth-order valence-corrected chi connectivity index (χ4v) is 2.45. The quantitative estimate of drug-likeness (QED) is 0.868. The maximum Gasteiger partial charge on any atom is 0.323 e. The molecule has 0 aliphatic carbocycles. The van der Waals surface area contributed by atoms with Crippen LogP contribution in [0, 0.1) is 5.92 Å². The highest BCUT2D eigenvalue weighted by Crippen LogP contribution is 2.21. The number of nitrogens with one attached hydrogen (secondary N) is 1. The predicted octanol–water partition coefficient (Wildman–Crippen LogP) is 1.76. The van der Waals surface area contributed by atoms with E-state index in [0.717, 1.165) is 19.5 Å². The Morgan fingerprint density at radius 3 is 2.60 bits per heavy atom. The number of aliphatic carboxylic acids is 1. The van der Waals surface area contributed by atoms with Crippen molar-refractivity contribution in [2.45, 2.75) is 12.8 Å². The first-order valence-corrected chi connectivity index (χ1v) is 6.92. The van der Waals surface area contributed by atoms with Crippen molar-refractivity contribution in [2.75, 3.05) is 24.5 Å². The monoisotopic (exact) mass is 296 g/mol. The first-order chi connectivity index (χ1) is 9.56. The summed E-state index contributed by atoms with van der Waals surface area (Å²) in [4.78, 5) is 24.6. The molecule has 0 aromatic heterocycles. The number of carboxylic acid groups (broad SMARTS) is 1. The van der Waals surface area contributed by atoms with Crippen LogP contribution in [0.1, 0.15) is 12.8 Å². The molecule has 1 aliphatic rings. The lowest BCUT2D eigenvalue weighted by Crippen LogP contribution is -2.36. The van der Waals surface area contributed by atoms with Gasteiger partial charge < -0.3 is 15.3 Å². The van der Waals surface area contributed by atoms with E-state index in [1.807, 2.05) is 0 Å². The predicted molar refractivity (Wildman–Crippen MR) is 77.0 cm³/mol. The molecule has 108 valence electrons. The standard InChI is InChI=1S/C14H17ClN2O3/c15-11-1-3-12(4-2-11)17(9-14(19)20)13(18)7-10-5-6-16-8-10/h1-4,10,16H,5-9H2,(H,19,20). The number of anilines is 1. The zero-order chi connectivity index (χ0) is 14.5. The third kappa shape index (κ3) is 3.95. The van der Waals surface area contributed by atoms with Gasteiger partial charge in [0, 0.05) is 17.1 Å². The number of benzene rings is 1. The molecule has 0 saturated carbocycles. The Kier molecular flexibility index (Phi) is 4.98. The number of halogens is 1. The summed E-state index contributed by atoms with van der Waals surface area (Å²) < 4.78 is 0. The van der Waals surface area contributed by atoms with Crippen LogP contribution >= 0.6 is 11.6 Å². The SMILES string of the molecule is O=C(O)CN(C(=O)CC1CCNC1)c1ccc(Cl)cc1. The number of carbonyl (C=O) groups is 2. The van der Waals surface area contributed by atoms with E-state index < -0.39 is 5.97 Å². The minimum absolute atomic E-state index is 0.163. The van der Waals surface area contributed by atoms with E-state index in [1.165, 1.54) is 4.90 Å². The van der Waals surface area contributed by atoms with Gasteiger partial charge in [-0.2, -0.15) is 0 Å². The van der Waals surface area contributed by atoms with Crippen LogP contribution in [0.5, 0.6) is 0 Å². The smallest absolute Gasteiger partial charge is 0.323 e. The number of carbonyl (C=O) groups excluding carboxylic acids is 1. The molecular weight excluding hydrogens is 280 g/mol. The van der Waals surface area contributed by atoms with Crippen molar-refractivity contribution in [1.29, 1.82) is 0 Å². The zero-order valence-electron chi connectivity index (χ0n) is 11.0. The van der Waals surface area contributed by atoms with Crippen molar-refractivity contribution in [3.8, 4) is 0 Å². The molecule has 1 amide bonds. The largest absolute Gasteiger partial charge is 0.480 e. The first-order valence-electron chi connectivity index (χ1n) is 6.54. The van der Waals surface area contributed by atoms with E-state index >= 15 is 0 Å². The molecule has 1 aliphatic heterocycles. The molecule has 1 fully saturated rings. The molecular formula is C14H17ClN2O3. The molecule has 1 saturated heterocycles. The highest BCUT2D eigenvalue weighted by molar-refractivity contribution is 6.30. The molecule has 2 rings (SSSR count). The van der Waals surface area contributed by atoms with Crippen LogP contribution in [0.3, 0.4) is 0 Å². The average molecular weight is 297 g/mol. The minimum Gasteiger partial charge on any atom is -0.480 e. The Morgan fingerprint density at radius 1 is 1.35 bits per heavy atom. The summed E-state index contributed by atoms with van der Waals surface area (Å²) in [5.41, 5.74) is 0.563. The van der Waals surface area contributed by atoms with Gasteiger partial charge in [0.1, 0.15) is 6.54 Å². The summed E-state index contributed by atoms with van der Waals surface area (Å²) in [7, 11) is 0. The van der Waals surface area contributed by atoms with E-state index in [2.05, 4.69) is 5.32 Å². The summed E-state index contributed by atoms with van der Waals surface area (Å²) in [5.74, 6) is -0.910. The number of carboxylic acids is 1. The van der Waals surface area contributed by atoms with E-state index in [0.29, 0.717) is 17.1 Å². The topological polar surface area (TPSA) is 69.6 Å². The fourth-order valence-electron chi connectivity index (χ4n) is 2.33. The highest BCUT2D eigenvalue weighted by atomic mass is 35.5. The van der Waals surface area contributed by atoms with Crippen molar-refractivity contribution < 1.29 is 14.7 Å². The molecule has 0 spiro atoms. The second kappa shape index (κ2) is 6.72. The van der Waals surface area contributed by atoms with Gasteiger partial charge in [0.15, 0.2) is 0 Å². The van der Waals surface area contributed by atoms with E-state index in [4.69, 9.17) is 16.7 Å². The second-order valence-electron chi connectivity index (χ2n) is 4.91. The van der Waals surface area contributed by atoms with E-state index in [9.17, 15) is 9.59 Å². The summed E-state index contributed by atoms with van der Waals surface area (Å²) in [6.45, 7) is 1.39. The van der Waals surface area contributed by atoms with Gasteiger partial charge >= 0.3 is 5.97 Å². The lowest BCUT2D eigenvalue weighted by Gasteiger charge is -2.22. The summed E-state index contributed by atoms with van der Waals surface area (Å²) >= 11 is 5.81. The Morgan fingerprint density at radius 2 is 2.05 bits per heavy atom. The van der Waals surface area contributed by atoms with Gasteiger partial charge in [-0.3, -0.25) is 9.59 Å². The van der Waals surface area contributed by atoms with Crippen LogP contribution < -0.4 is 10.2 Å². The second-order valence-corrected chi connectivity index (χ2v) is 5.35. The summed E-state index contributed by atoms with van der Waals surface area (Å²) in [5, 5.41) is 12.7. The molecule has 2 N–H and O–H groups in total. The zero-order valence-corrected chi connectivity index (χ0v) is 11.8. The number of amides is 1. The average Bonchev–Trinajstić information content (AvgIpc) is 2.89. The molecule has 1 atom stereocenters. The normalized spacial score (nSPS) is 17.9. The molecule has 0 bridgehead atoms. The number of nitrogens with zero attached hydrogens (tertiary/aromatic N) is 1. The van der Waals surface area contributed by atoms with Crippen LogP contribution in [0.4, 0.5) is 5.69 Å². The van der Waals surface area contributed by atoms with Crippen molar-refractivity contribution >= 4 is 29.2 Å². The number of rotatable bonds is 5. The fraction of sp³-hybridized carbons (Fsp3) is 0.429. The molecule has 6 heteroatoms. The van der Waals surface area contributed by atoms with Crippen LogP contribution in [0.2, 0.25) is 5.02 Å². The van der Waals surface area contributed by atoms with Gasteiger partial charge in [-0.1, -0.05) is 11.6 Å². The molecule has 0 radical (unpaired) electrons. The van der Waals surface area contributed by atoms with Crippen LogP contribution in [-0.4, -0.2) is 36.6 Å². The van der Waals surface area contributed by atoms with Crippen molar-refractivity contribution in [1.82, 2.24) is 5.32 Å². The maximum absolute atomic E-state index is 12.3. The first kappa shape index (κ1) is 14.8. The Labute approximate surface area is 122 Å². The van der Waals surface area contributed by atoms with Crippen LogP contribution in [0.25, 0.3) is 0 Å². The van der Waals surface area contributed by atoms with Gasteiger partial charge in [0.25, 0.3) is 0 Å². The Hall–Kier alpha value is -1.59. The van der Waals surface area contributed by atoms with E-state index in [-0.39, 0.29) is 18.4 Å². The number of hydrogen-bond donors (Lipinski definition) is 2. The van der Waals surface area contributed by atoms with Crippen LogP contribution in [0.15, 0.2) is 24.3 Å². The maximum atomic E-state index is 12.3. The van der Waals surface area contributed by atoms with Gasteiger partial charge in [0.2, 0.25) is 5.91 Å². The van der Waals surface area contributed by atoms with Gasteiger partial charge in [-0.25, -0.2) is 0 Å².